The number of likely N-dealkylation sites (tertiary alicyclic amines) is 1. The first-order chi connectivity index (χ1) is 18.9. The zero-order valence-corrected chi connectivity index (χ0v) is 23.3. The summed E-state index contributed by atoms with van der Waals surface area (Å²) in [5.41, 5.74) is 6.98. The zero-order chi connectivity index (χ0) is 27.5. The van der Waals surface area contributed by atoms with E-state index in [1.54, 1.807) is 19.6 Å². The molecule has 5 heterocycles. The number of hydrogen-bond donors (Lipinski definition) is 0. The molecule has 0 bridgehead atoms. The molecule has 1 aliphatic heterocycles. The number of piperidine rings is 1. The average molecular weight is 522 g/mol. The SMILES string of the molecule is CN1CCCCC1.COc1cc(-c2ccc(C#N)cc2)c(-c2cnc3c(c2)nc(C(C)C)n3C)n2cncc12. The van der Waals surface area contributed by atoms with E-state index in [0.29, 0.717) is 11.5 Å². The minimum absolute atomic E-state index is 0.299. The van der Waals surface area contributed by atoms with Crippen molar-refractivity contribution in [3.8, 4) is 34.2 Å². The molecule has 200 valence electrons. The van der Waals surface area contributed by atoms with Crippen LogP contribution in [0.15, 0.2) is 55.1 Å². The van der Waals surface area contributed by atoms with E-state index in [4.69, 9.17) is 14.7 Å². The van der Waals surface area contributed by atoms with Gasteiger partial charge in [0.05, 0.1) is 37.0 Å². The van der Waals surface area contributed by atoms with Gasteiger partial charge in [-0.3, -0.25) is 4.40 Å². The van der Waals surface area contributed by atoms with Crippen molar-refractivity contribution in [2.45, 2.75) is 39.0 Å². The number of nitriles is 1. The molecular formula is C31H35N7O. The standard InChI is InChI=1S/C25H22N6O.C6H13N/c1-15(2)24-29-20-9-18(12-28-25(20)30(24)3)23-19(17-7-5-16(11-26)6-8-17)10-22(32-4)21-13-27-14-31(21)23;1-7-5-3-2-4-6-7/h5-10,12-15H,1-4H3;2-6H2,1H3. The van der Waals surface area contributed by atoms with Crippen molar-refractivity contribution in [1.82, 2.24) is 28.8 Å². The number of ether oxygens (including phenoxy) is 1. The van der Waals surface area contributed by atoms with Gasteiger partial charge in [-0.05, 0) is 62.8 Å². The lowest BCUT2D eigenvalue weighted by Gasteiger charge is -2.20. The van der Waals surface area contributed by atoms with Gasteiger partial charge in [0.25, 0.3) is 0 Å². The van der Waals surface area contributed by atoms with E-state index in [1.165, 1.54) is 32.4 Å². The van der Waals surface area contributed by atoms with E-state index in [9.17, 15) is 5.26 Å². The first-order valence-corrected chi connectivity index (χ1v) is 13.5. The molecule has 0 saturated carbocycles. The normalized spacial score (nSPS) is 13.9. The lowest BCUT2D eigenvalue weighted by atomic mass is 9.98. The Bertz CT molecular complexity index is 1630. The summed E-state index contributed by atoms with van der Waals surface area (Å²) in [6.07, 6.45) is 9.72. The van der Waals surface area contributed by atoms with Crippen LogP contribution in [0.5, 0.6) is 5.75 Å². The van der Waals surface area contributed by atoms with Crippen LogP contribution in [0, 0.1) is 11.3 Å². The number of rotatable bonds is 4. The Hall–Kier alpha value is -4.22. The molecule has 0 atom stereocenters. The molecular weight excluding hydrogens is 486 g/mol. The van der Waals surface area contributed by atoms with Crippen molar-refractivity contribution in [1.29, 1.82) is 5.26 Å². The van der Waals surface area contributed by atoms with Crippen LogP contribution in [0.2, 0.25) is 0 Å². The molecule has 8 heteroatoms. The fraction of sp³-hybridized carbons (Fsp3) is 0.355. The number of methoxy groups -OCH3 is 1. The van der Waals surface area contributed by atoms with Crippen molar-refractivity contribution in [2.75, 3.05) is 27.2 Å². The number of nitrogens with zero attached hydrogens (tertiary/aromatic N) is 7. The molecule has 5 aromatic rings. The second-order valence-corrected chi connectivity index (χ2v) is 10.4. The van der Waals surface area contributed by atoms with Crippen LogP contribution in [0.25, 0.3) is 39.1 Å². The molecule has 0 N–H and O–H groups in total. The van der Waals surface area contributed by atoms with E-state index in [1.807, 2.05) is 52.5 Å². The molecule has 1 fully saturated rings. The van der Waals surface area contributed by atoms with Gasteiger partial charge >= 0.3 is 0 Å². The van der Waals surface area contributed by atoms with Crippen LogP contribution in [-0.4, -0.2) is 56.1 Å². The fourth-order valence-electron chi connectivity index (χ4n) is 5.25. The molecule has 39 heavy (non-hydrogen) atoms. The van der Waals surface area contributed by atoms with Crippen molar-refractivity contribution >= 4 is 16.7 Å². The van der Waals surface area contributed by atoms with E-state index in [0.717, 1.165) is 50.6 Å². The van der Waals surface area contributed by atoms with E-state index >= 15 is 0 Å². The Kier molecular flexibility index (Phi) is 7.62. The summed E-state index contributed by atoms with van der Waals surface area (Å²) < 4.78 is 9.72. The maximum absolute atomic E-state index is 9.19. The summed E-state index contributed by atoms with van der Waals surface area (Å²) >= 11 is 0. The smallest absolute Gasteiger partial charge is 0.159 e. The molecule has 1 aliphatic rings. The van der Waals surface area contributed by atoms with Crippen molar-refractivity contribution in [3.63, 3.8) is 0 Å². The number of pyridine rings is 2. The highest BCUT2D eigenvalue weighted by molar-refractivity contribution is 5.88. The summed E-state index contributed by atoms with van der Waals surface area (Å²) in [4.78, 5) is 16.3. The second kappa shape index (κ2) is 11.3. The Morgan fingerprint density at radius 3 is 2.33 bits per heavy atom. The zero-order valence-electron chi connectivity index (χ0n) is 23.3. The third-order valence-corrected chi connectivity index (χ3v) is 7.32. The predicted molar refractivity (Wildman–Crippen MR) is 155 cm³/mol. The molecule has 1 aromatic carbocycles. The summed E-state index contributed by atoms with van der Waals surface area (Å²) in [5, 5.41) is 9.19. The number of aromatic nitrogens is 5. The first kappa shape index (κ1) is 26.4. The number of fused-ring (bicyclic) bond motifs is 2. The quantitative estimate of drug-likeness (QED) is 0.286. The van der Waals surface area contributed by atoms with Crippen molar-refractivity contribution in [3.05, 3.63) is 66.5 Å². The number of imidazole rings is 2. The molecule has 0 radical (unpaired) electrons. The Balaban J connectivity index is 0.000000384. The van der Waals surface area contributed by atoms with Gasteiger partial charge < -0.3 is 14.2 Å². The second-order valence-electron chi connectivity index (χ2n) is 10.4. The van der Waals surface area contributed by atoms with Gasteiger partial charge in [-0.1, -0.05) is 32.4 Å². The highest BCUT2D eigenvalue weighted by atomic mass is 16.5. The molecule has 4 aromatic heterocycles. The molecule has 6 rings (SSSR count). The Morgan fingerprint density at radius 2 is 1.72 bits per heavy atom. The lowest BCUT2D eigenvalue weighted by molar-refractivity contribution is 0.277. The van der Waals surface area contributed by atoms with Crippen LogP contribution >= 0.6 is 0 Å². The molecule has 1 saturated heterocycles. The van der Waals surface area contributed by atoms with E-state index < -0.39 is 0 Å². The van der Waals surface area contributed by atoms with Crippen LogP contribution in [-0.2, 0) is 7.05 Å². The van der Waals surface area contributed by atoms with Gasteiger partial charge in [-0.2, -0.15) is 5.26 Å². The van der Waals surface area contributed by atoms with Gasteiger partial charge in [0.15, 0.2) is 5.65 Å². The first-order valence-electron chi connectivity index (χ1n) is 13.5. The largest absolute Gasteiger partial charge is 0.494 e. The van der Waals surface area contributed by atoms with Gasteiger partial charge in [0.2, 0.25) is 0 Å². The molecule has 0 aliphatic carbocycles. The topological polar surface area (TPSA) is 84.3 Å². The molecule has 8 nitrogen and oxygen atoms in total. The minimum atomic E-state index is 0.299. The van der Waals surface area contributed by atoms with E-state index in [-0.39, 0.29) is 0 Å². The van der Waals surface area contributed by atoms with Crippen LogP contribution < -0.4 is 4.74 Å². The van der Waals surface area contributed by atoms with Gasteiger partial charge in [-0.15, -0.1) is 0 Å². The maximum atomic E-state index is 9.19. The third kappa shape index (κ3) is 5.23. The van der Waals surface area contributed by atoms with E-state index in [2.05, 4.69) is 42.9 Å². The summed E-state index contributed by atoms with van der Waals surface area (Å²) in [5.74, 6) is 2.02. The molecule has 0 spiro atoms. The van der Waals surface area contributed by atoms with Crippen LogP contribution in [0.4, 0.5) is 0 Å². The number of hydrogen-bond acceptors (Lipinski definition) is 6. The number of aryl methyl sites for hydroxylation is 1. The lowest BCUT2D eigenvalue weighted by Crippen LogP contribution is -2.24. The Morgan fingerprint density at radius 1 is 0.974 bits per heavy atom. The summed E-state index contributed by atoms with van der Waals surface area (Å²) in [6.45, 7) is 6.90. The summed E-state index contributed by atoms with van der Waals surface area (Å²) in [6, 6.07) is 13.8. The Labute approximate surface area is 229 Å². The van der Waals surface area contributed by atoms with Gasteiger partial charge in [0.1, 0.15) is 22.6 Å². The highest BCUT2D eigenvalue weighted by Gasteiger charge is 2.19. The number of benzene rings is 1. The maximum Gasteiger partial charge on any atom is 0.159 e. The van der Waals surface area contributed by atoms with Crippen molar-refractivity contribution < 1.29 is 4.74 Å². The molecule has 0 amide bonds. The van der Waals surface area contributed by atoms with Gasteiger partial charge in [0, 0.05) is 30.3 Å². The third-order valence-electron chi connectivity index (χ3n) is 7.32. The summed E-state index contributed by atoms with van der Waals surface area (Å²) in [7, 11) is 5.85. The predicted octanol–water partition coefficient (Wildman–Crippen LogP) is 6.06. The average Bonchev–Trinajstić information content (AvgIpc) is 3.58. The van der Waals surface area contributed by atoms with Crippen LogP contribution in [0.3, 0.4) is 0 Å². The highest BCUT2D eigenvalue weighted by Crippen LogP contribution is 2.38. The molecule has 0 unspecified atom stereocenters. The van der Waals surface area contributed by atoms with Gasteiger partial charge in [-0.25, -0.2) is 15.0 Å². The fourth-order valence-corrected chi connectivity index (χ4v) is 5.25. The van der Waals surface area contributed by atoms with Crippen molar-refractivity contribution in [2.24, 2.45) is 7.05 Å². The van der Waals surface area contributed by atoms with Crippen LogP contribution in [0.1, 0.15) is 50.4 Å². The minimum Gasteiger partial charge on any atom is -0.494 e. The monoisotopic (exact) mass is 521 g/mol.